The molecule has 3 N–H and O–H groups in total. The first-order valence-electron chi connectivity index (χ1n) is 19.9. The molecule has 1 aliphatic carbocycles. The van der Waals surface area contributed by atoms with Crippen LogP contribution in [0.2, 0.25) is 36.3 Å². The number of ether oxygens (including phenoxy) is 2. The van der Waals surface area contributed by atoms with Gasteiger partial charge in [-0.2, -0.15) is 4.98 Å². The van der Waals surface area contributed by atoms with Gasteiger partial charge in [-0.05, 0) is 76.7 Å². The van der Waals surface area contributed by atoms with Crippen molar-refractivity contribution < 1.29 is 33.0 Å². The average molecular weight is 827 g/mol. The van der Waals surface area contributed by atoms with E-state index >= 15 is 0 Å². The van der Waals surface area contributed by atoms with Crippen molar-refractivity contribution in [3.05, 3.63) is 118 Å². The van der Waals surface area contributed by atoms with Crippen LogP contribution < -0.4 is 16.3 Å². The molecule has 6 rings (SSSR count). The Bertz CT molecular complexity index is 2120. The summed E-state index contributed by atoms with van der Waals surface area (Å²) < 4.78 is 28.3. The maximum Gasteiger partial charge on any atom is 0.407 e. The van der Waals surface area contributed by atoms with Crippen molar-refractivity contribution >= 4 is 34.5 Å². The van der Waals surface area contributed by atoms with E-state index in [0.29, 0.717) is 5.56 Å². The van der Waals surface area contributed by atoms with Crippen LogP contribution in [0, 0.1) is 0 Å². The number of carbonyl (C=O) groups excluding carboxylic acids is 2. The van der Waals surface area contributed by atoms with Gasteiger partial charge in [0.05, 0.1) is 12.7 Å². The lowest BCUT2D eigenvalue weighted by Crippen LogP contribution is -2.68. The Balaban J connectivity index is 1.38. The van der Waals surface area contributed by atoms with E-state index < -0.39 is 71.5 Å². The summed E-state index contributed by atoms with van der Waals surface area (Å²) in [6.07, 6.45) is -3.16. The molecule has 1 saturated heterocycles. The minimum absolute atomic E-state index is 0.0406. The molecule has 1 aromatic heterocycles. The fraction of sp³-hybridized carbons (Fsp3) is 0.455. The van der Waals surface area contributed by atoms with E-state index in [1.54, 1.807) is 30.3 Å². The van der Waals surface area contributed by atoms with Crippen LogP contribution >= 0.6 is 0 Å². The molecule has 1 fully saturated rings. The van der Waals surface area contributed by atoms with Crippen molar-refractivity contribution in [1.29, 1.82) is 0 Å². The molecule has 0 saturated carbocycles. The van der Waals surface area contributed by atoms with Crippen LogP contribution in [-0.4, -0.2) is 80.9 Å². The number of fused-ring (bicyclic) bond motifs is 3. The monoisotopic (exact) mass is 826 g/mol. The van der Waals surface area contributed by atoms with Crippen molar-refractivity contribution in [2.24, 2.45) is 0 Å². The molecule has 2 amide bonds. The fourth-order valence-corrected chi connectivity index (χ4v) is 9.64. The van der Waals surface area contributed by atoms with Gasteiger partial charge in [0.15, 0.2) is 22.9 Å². The van der Waals surface area contributed by atoms with Crippen molar-refractivity contribution in [3.63, 3.8) is 0 Å². The summed E-state index contributed by atoms with van der Waals surface area (Å²) in [6.45, 7) is 20.8. The van der Waals surface area contributed by atoms with Gasteiger partial charge >= 0.3 is 11.8 Å². The molecule has 2 aliphatic rings. The predicted molar refractivity (Wildman–Crippen MR) is 230 cm³/mol. The molecule has 58 heavy (non-hydrogen) atoms. The van der Waals surface area contributed by atoms with Crippen LogP contribution in [0.3, 0.4) is 0 Å². The molecule has 310 valence electrons. The normalized spacial score (nSPS) is 21.2. The minimum Gasteiger partial charge on any atom is -0.449 e. The van der Waals surface area contributed by atoms with E-state index in [2.05, 4.69) is 108 Å². The lowest BCUT2D eigenvalue weighted by molar-refractivity contribution is -0.208. The van der Waals surface area contributed by atoms with Crippen LogP contribution in [-0.2, 0) is 18.3 Å². The maximum absolute atomic E-state index is 14.2. The molecular formula is C44H58N4O8Si2. The number of amides is 2. The number of anilines is 1. The lowest BCUT2D eigenvalue weighted by Gasteiger charge is -2.52. The third-order valence-electron chi connectivity index (χ3n) is 12.3. The fourth-order valence-electron chi connectivity index (χ4n) is 7.01. The Kier molecular flexibility index (Phi) is 12.4. The number of aliphatic hydroxyl groups is 1. The zero-order chi connectivity index (χ0) is 42.2. The molecule has 14 heteroatoms. The highest BCUT2D eigenvalue weighted by molar-refractivity contribution is 6.74. The van der Waals surface area contributed by atoms with Gasteiger partial charge in [0.1, 0.15) is 30.7 Å². The van der Waals surface area contributed by atoms with Gasteiger partial charge in [-0.1, -0.05) is 108 Å². The van der Waals surface area contributed by atoms with Crippen molar-refractivity contribution in [2.45, 2.75) is 114 Å². The number of benzene rings is 3. The van der Waals surface area contributed by atoms with Gasteiger partial charge in [-0.3, -0.25) is 9.36 Å². The predicted octanol–water partition coefficient (Wildman–Crippen LogP) is 8.07. The molecule has 2 heterocycles. The minimum atomic E-state index is -2.66. The molecule has 0 bridgehead atoms. The van der Waals surface area contributed by atoms with Crippen LogP contribution in [0.5, 0.6) is 0 Å². The largest absolute Gasteiger partial charge is 0.449 e. The maximum atomic E-state index is 14.2. The number of rotatable bonds is 11. The molecule has 12 nitrogen and oxygen atoms in total. The Morgan fingerprint density at radius 3 is 1.86 bits per heavy atom. The molecule has 1 aliphatic heterocycles. The molecule has 4 aromatic rings. The zero-order valence-corrected chi connectivity index (χ0v) is 37.2. The summed E-state index contributed by atoms with van der Waals surface area (Å²) in [5.74, 6) is -0.573. The summed E-state index contributed by atoms with van der Waals surface area (Å²) in [5, 5.41) is 16.2. The first-order chi connectivity index (χ1) is 27.2. The number of hydrogen-bond acceptors (Lipinski definition) is 9. The number of hydrogen-bond donors (Lipinski definition) is 3. The Morgan fingerprint density at radius 2 is 1.33 bits per heavy atom. The van der Waals surface area contributed by atoms with Gasteiger partial charge in [-0.15, -0.1) is 0 Å². The van der Waals surface area contributed by atoms with E-state index in [-0.39, 0.29) is 28.4 Å². The lowest BCUT2D eigenvalue weighted by atomic mass is 9.96. The van der Waals surface area contributed by atoms with E-state index in [1.807, 2.05) is 24.3 Å². The van der Waals surface area contributed by atoms with E-state index in [9.17, 15) is 19.5 Å². The third-order valence-corrected chi connectivity index (χ3v) is 21.3. The average Bonchev–Trinajstić information content (AvgIpc) is 3.48. The van der Waals surface area contributed by atoms with Gasteiger partial charge in [-0.25, -0.2) is 9.59 Å². The number of nitrogens with zero attached hydrogens (tertiary/aromatic N) is 2. The summed E-state index contributed by atoms with van der Waals surface area (Å²) >= 11 is 0. The van der Waals surface area contributed by atoms with Crippen LogP contribution in [0.25, 0.3) is 11.1 Å². The second kappa shape index (κ2) is 16.7. The SMILES string of the molecule is CC(C)(C)[Si](C)(C)O[C@@H]1[C@@H](NC(=O)OCC2c3ccccc3-c3ccccc32)[C@H](n2ccc(NC(=O)c3ccccc3)nc2=O)O[C@H](CO)[C@H]1O[Si](C)(C)C(C)(C)C. The van der Waals surface area contributed by atoms with Gasteiger partial charge < -0.3 is 34.1 Å². The van der Waals surface area contributed by atoms with E-state index in [1.165, 1.54) is 16.8 Å². The molecule has 0 unspecified atom stereocenters. The molecule has 5 atom stereocenters. The van der Waals surface area contributed by atoms with E-state index in [0.717, 1.165) is 22.3 Å². The van der Waals surface area contributed by atoms with Crippen LogP contribution in [0.1, 0.15) is 75.2 Å². The highest BCUT2D eigenvalue weighted by Crippen LogP contribution is 2.46. The zero-order valence-electron chi connectivity index (χ0n) is 35.2. The second-order valence-corrected chi connectivity index (χ2v) is 27.8. The van der Waals surface area contributed by atoms with Crippen LogP contribution in [0.15, 0.2) is 95.9 Å². The van der Waals surface area contributed by atoms with E-state index in [4.69, 9.17) is 18.3 Å². The number of aliphatic hydroxyl groups excluding tert-OH is 1. The summed E-state index contributed by atoms with van der Waals surface area (Å²) in [7, 11) is -5.23. The van der Waals surface area contributed by atoms with Crippen molar-refractivity contribution in [2.75, 3.05) is 18.5 Å². The summed E-state index contributed by atoms with van der Waals surface area (Å²) in [4.78, 5) is 45.3. The quantitative estimate of drug-likeness (QED) is 0.128. The Morgan fingerprint density at radius 1 is 0.793 bits per heavy atom. The van der Waals surface area contributed by atoms with Gasteiger partial charge in [0, 0.05) is 17.7 Å². The Hall–Kier alpha value is -4.45. The summed E-state index contributed by atoms with van der Waals surface area (Å²) in [6, 6.07) is 25.3. The topological polar surface area (TPSA) is 150 Å². The number of carbonyl (C=O) groups is 2. The van der Waals surface area contributed by atoms with Crippen LogP contribution in [0.4, 0.5) is 10.6 Å². The number of alkyl carbamates (subject to hydrolysis) is 1. The van der Waals surface area contributed by atoms with Crippen molar-refractivity contribution in [3.8, 4) is 11.1 Å². The highest BCUT2D eigenvalue weighted by atomic mass is 28.4. The first-order valence-corrected chi connectivity index (χ1v) is 25.7. The third kappa shape index (κ3) is 8.92. The molecular weight excluding hydrogens is 769 g/mol. The van der Waals surface area contributed by atoms with Gasteiger partial charge in [0.2, 0.25) is 0 Å². The highest BCUT2D eigenvalue weighted by Gasteiger charge is 2.55. The second-order valence-electron chi connectivity index (χ2n) is 18.3. The number of aromatic nitrogens is 2. The standard InChI is InChI=1S/C44H58N4O8Si2/c1-43(2,3)57(7,8)55-37-34(26-49)54-40(48-25-24-35(46-41(48)51)45-39(50)28-18-12-11-13-19-28)36(38(37)56-58(9,10)44(4,5)6)47-42(52)53-27-33-31-22-16-14-20-29(31)30-21-15-17-23-32(30)33/h11-25,33-34,36-38,40,49H,26-27H2,1-10H3,(H,47,52)(H,45,46,50,51)/t34-,36-,37-,38-,40-/m1/s1. The number of nitrogens with one attached hydrogen (secondary N) is 2. The van der Waals surface area contributed by atoms with Gasteiger partial charge in [0.25, 0.3) is 5.91 Å². The van der Waals surface area contributed by atoms with Crippen molar-refractivity contribution in [1.82, 2.24) is 14.9 Å². The first kappa shape index (κ1) is 43.1. The molecule has 0 radical (unpaired) electrons. The molecule has 0 spiro atoms. The smallest absolute Gasteiger partial charge is 0.407 e. The Labute approximate surface area is 343 Å². The summed E-state index contributed by atoms with van der Waals surface area (Å²) in [5.41, 5.74) is 4.00. The molecule has 3 aromatic carbocycles.